The maximum absolute atomic E-state index is 10.0. The molecule has 0 fully saturated rings. The van der Waals surface area contributed by atoms with Gasteiger partial charge in [0.1, 0.15) is 0 Å². The molecule has 1 rings (SSSR count). The predicted molar refractivity (Wildman–Crippen MR) is 52.5 cm³/mol. The number of methoxy groups -OCH3 is 2. The van der Waals surface area contributed by atoms with E-state index in [2.05, 4.69) is 9.47 Å². The monoisotopic (exact) mass is 213 g/mol. The molecule has 15 heavy (non-hydrogen) atoms. The predicted octanol–water partition coefficient (Wildman–Crippen LogP) is 1.99. The van der Waals surface area contributed by atoms with Gasteiger partial charge in [0, 0.05) is 12.1 Å². The highest BCUT2D eigenvalue weighted by atomic mass is 16.7. The fourth-order valence-corrected chi connectivity index (χ4v) is 0.633. The van der Waals surface area contributed by atoms with Crippen molar-refractivity contribution >= 4 is 11.8 Å². The molecular formula is C9H11NO5. The molecule has 0 aliphatic heterocycles. The summed E-state index contributed by atoms with van der Waals surface area (Å²) in [6, 6.07) is 7.93. The lowest BCUT2D eigenvalue weighted by Crippen LogP contribution is -1.97. The average molecular weight is 213 g/mol. The van der Waals surface area contributed by atoms with Crippen molar-refractivity contribution in [3.8, 4) is 0 Å². The van der Waals surface area contributed by atoms with Crippen molar-refractivity contribution < 1.29 is 19.2 Å². The van der Waals surface area contributed by atoms with E-state index in [0.717, 1.165) is 0 Å². The van der Waals surface area contributed by atoms with Crippen molar-refractivity contribution in [2.45, 2.75) is 0 Å². The summed E-state index contributed by atoms with van der Waals surface area (Å²) in [4.78, 5) is 19.3. The zero-order valence-corrected chi connectivity index (χ0v) is 8.38. The minimum Gasteiger partial charge on any atom is -0.438 e. The Morgan fingerprint density at radius 1 is 1.20 bits per heavy atom. The van der Waals surface area contributed by atoms with E-state index in [0.29, 0.717) is 0 Å². The largest absolute Gasteiger partial charge is 0.507 e. The topological polar surface area (TPSA) is 78.7 Å². The van der Waals surface area contributed by atoms with Crippen LogP contribution >= 0.6 is 0 Å². The third-order valence-electron chi connectivity index (χ3n) is 1.30. The van der Waals surface area contributed by atoms with Gasteiger partial charge in [0.15, 0.2) is 0 Å². The van der Waals surface area contributed by atoms with Crippen molar-refractivity contribution in [1.29, 1.82) is 0 Å². The van der Waals surface area contributed by atoms with E-state index in [1.165, 1.54) is 26.4 Å². The van der Waals surface area contributed by atoms with E-state index in [1.54, 1.807) is 18.2 Å². The van der Waals surface area contributed by atoms with Crippen molar-refractivity contribution in [1.82, 2.24) is 0 Å². The lowest BCUT2D eigenvalue weighted by Gasteiger charge is -1.89. The normalized spacial score (nSPS) is 8.13. The first-order valence-corrected chi connectivity index (χ1v) is 3.93. The number of rotatable bonds is 1. The summed E-state index contributed by atoms with van der Waals surface area (Å²) in [5, 5.41) is 10.0. The molecule has 0 radical (unpaired) electrons. The molecule has 1 aromatic carbocycles. The van der Waals surface area contributed by atoms with Gasteiger partial charge in [-0.1, -0.05) is 18.2 Å². The third kappa shape index (κ3) is 6.03. The summed E-state index contributed by atoms with van der Waals surface area (Å²) in [7, 11) is 2.51. The molecule has 6 heteroatoms. The Kier molecular flexibility index (Phi) is 6.28. The standard InChI is InChI=1S/C6H5NO2.C3H6O3/c8-7(9)6-4-2-1-3-5-6;1-5-3(4)6-2/h1-5H;1-2H3. The fourth-order valence-electron chi connectivity index (χ4n) is 0.633. The van der Waals surface area contributed by atoms with Crippen LogP contribution in [0.15, 0.2) is 30.3 Å². The molecule has 0 saturated heterocycles. The van der Waals surface area contributed by atoms with Crippen LogP contribution in [0.4, 0.5) is 10.5 Å². The second-order valence-corrected chi connectivity index (χ2v) is 2.25. The Labute approximate surface area is 86.6 Å². The smallest absolute Gasteiger partial charge is 0.438 e. The van der Waals surface area contributed by atoms with Gasteiger partial charge in [-0.15, -0.1) is 0 Å². The van der Waals surface area contributed by atoms with E-state index in [1.807, 2.05) is 0 Å². The molecule has 0 aliphatic rings. The third-order valence-corrected chi connectivity index (χ3v) is 1.30. The highest BCUT2D eigenvalue weighted by molar-refractivity contribution is 5.59. The van der Waals surface area contributed by atoms with Crippen LogP contribution in [-0.4, -0.2) is 25.3 Å². The number of hydrogen-bond acceptors (Lipinski definition) is 5. The number of non-ortho nitro benzene ring substituents is 1. The maximum Gasteiger partial charge on any atom is 0.507 e. The lowest BCUT2D eigenvalue weighted by molar-refractivity contribution is -0.384. The van der Waals surface area contributed by atoms with Gasteiger partial charge in [0.05, 0.1) is 19.1 Å². The highest BCUT2D eigenvalue weighted by Crippen LogP contribution is 2.06. The fraction of sp³-hybridized carbons (Fsp3) is 0.222. The number of ether oxygens (including phenoxy) is 2. The minimum atomic E-state index is -0.657. The van der Waals surface area contributed by atoms with Crippen LogP contribution in [-0.2, 0) is 9.47 Å². The van der Waals surface area contributed by atoms with Crippen LogP contribution in [0.5, 0.6) is 0 Å². The Morgan fingerprint density at radius 2 is 1.67 bits per heavy atom. The van der Waals surface area contributed by atoms with E-state index in [-0.39, 0.29) is 5.69 Å². The minimum absolute atomic E-state index is 0.137. The Hall–Kier alpha value is -2.11. The summed E-state index contributed by atoms with van der Waals surface area (Å²) in [6.45, 7) is 0. The number of para-hydroxylation sites is 1. The molecule has 0 spiro atoms. The van der Waals surface area contributed by atoms with Crippen LogP contribution in [0.25, 0.3) is 0 Å². The van der Waals surface area contributed by atoms with Crippen molar-refractivity contribution in [2.24, 2.45) is 0 Å². The van der Waals surface area contributed by atoms with Gasteiger partial charge in [0.25, 0.3) is 5.69 Å². The molecule has 0 aromatic heterocycles. The molecule has 0 heterocycles. The van der Waals surface area contributed by atoms with Gasteiger partial charge in [-0.2, -0.15) is 0 Å². The number of carbonyl (C=O) groups excluding carboxylic acids is 1. The quantitative estimate of drug-likeness (QED) is 0.405. The van der Waals surface area contributed by atoms with Crippen molar-refractivity contribution in [3.05, 3.63) is 40.4 Å². The Morgan fingerprint density at radius 3 is 1.87 bits per heavy atom. The number of nitrogens with zero attached hydrogens (tertiary/aromatic N) is 1. The zero-order chi connectivity index (χ0) is 11.7. The van der Waals surface area contributed by atoms with Gasteiger partial charge < -0.3 is 9.47 Å². The summed E-state index contributed by atoms with van der Waals surface area (Å²) >= 11 is 0. The molecule has 0 amide bonds. The molecular weight excluding hydrogens is 202 g/mol. The van der Waals surface area contributed by atoms with Gasteiger partial charge in [0.2, 0.25) is 0 Å². The molecule has 0 saturated carbocycles. The molecule has 0 atom stereocenters. The van der Waals surface area contributed by atoms with Crippen LogP contribution in [0, 0.1) is 10.1 Å². The highest BCUT2D eigenvalue weighted by Gasteiger charge is 1.98. The summed E-state index contributed by atoms with van der Waals surface area (Å²) < 4.78 is 8.08. The molecule has 0 bridgehead atoms. The van der Waals surface area contributed by atoms with Crippen LogP contribution in [0.2, 0.25) is 0 Å². The molecule has 6 nitrogen and oxygen atoms in total. The second-order valence-electron chi connectivity index (χ2n) is 2.25. The summed E-state index contributed by atoms with van der Waals surface area (Å²) in [5.41, 5.74) is 0.137. The van der Waals surface area contributed by atoms with E-state index >= 15 is 0 Å². The lowest BCUT2D eigenvalue weighted by atomic mass is 10.3. The van der Waals surface area contributed by atoms with Crippen molar-refractivity contribution in [3.63, 3.8) is 0 Å². The Bertz CT molecular complexity index is 306. The maximum atomic E-state index is 10.0. The first-order valence-electron chi connectivity index (χ1n) is 3.93. The summed E-state index contributed by atoms with van der Waals surface area (Å²) in [5.74, 6) is 0. The number of nitro benzene ring substituents is 1. The average Bonchev–Trinajstić information content (AvgIpc) is 2.30. The van der Waals surface area contributed by atoms with E-state index < -0.39 is 11.1 Å². The zero-order valence-electron chi connectivity index (χ0n) is 8.38. The van der Waals surface area contributed by atoms with E-state index in [9.17, 15) is 14.9 Å². The molecule has 1 aromatic rings. The number of carbonyl (C=O) groups is 1. The van der Waals surface area contributed by atoms with Crippen LogP contribution in [0.3, 0.4) is 0 Å². The SMILES string of the molecule is COC(=O)OC.O=[N+]([O-])c1ccccc1. The molecule has 0 N–H and O–H groups in total. The number of hydrogen-bond donors (Lipinski definition) is 0. The Balaban J connectivity index is 0.000000288. The van der Waals surface area contributed by atoms with E-state index in [4.69, 9.17) is 0 Å². The molecule has 0 aliphatic carbocycles. The van der Waals surface area contributed by atoms with Crippen LogP contribution < -0.4 is 0 Å². The van der Waals surface area contributed by atoms with Gasteiger partial charge in [-0.25, -0.2) is 4.79 Å². The van der Waals surface area contributed by atoms with Gasteiger partial charge in [-0.3, -0.25) is 10.1 Å². The van der Waals surface area contributed by atoms with Gasteiger partial charge in [-0.05, 0) is 0 Å². The van der Waals surface area contributed by atoms with Gasteiger partial charge >= 0.3 is 6.16 Å². The first kappa shape index (κ1) is 12.9. The summed E-state index contributed by atoms with van der Waals surface area (Å²) in [6.07, 6.45) is -0.657. The number of benzene rings is 1. The number of nitro groups is 1. The first-order chi connectivity index (χ1) is 7.11. The molecule has 0 unspecified atom stereocenters. The molecule has 82 valence electrons. The van der Waals surface area contributed by atoms with Crippen molar-refractivity contribution in [2.75, 3.05) is 14.2 Å². The second kappa shape index (κ2) is 7.31. The van der Waals surface area contributed by atoms with Crippen LogP contribution in [0.1, 0.15) is 0 Å².